The fourth-order valence-electron chi connectivity index (χ4n) is 2.00. The largest absolute Gasteiger partial charge is 0.393 e. The highest BCUT2D eigenvalue weighted by atomic mass is 35.5. The van der Waals surface area contributed by atoms with Crippen LogP contribution in [-0.4, -0.2) is 17.8 Å². The Labute approximate surface area is 116 Å². The minimum Gasteiger partial charge on any atom is -0.393 e. The third kappa shape index (κ3) is 3.27. The molecule has 0 bridgehead atoms. The summed E-state index contributed by atoms with van der Waals surface area (Å²) in [6.07, 6.45) is 1.65. The number of rotatable bonds is 4. The normalized spacial score (nSPS) is 23.5. The number of halogens is 3. The zero-order valence-electron chi connectivity index (χ0n) is 9.22. The summed E-state index contributed by atoms with van der Waals surface area (Å²) >= 11 is 18.1. The van der Waals surface area contributed by atoms with Gasteiger partial charge in [0.1, 0.15) is 0 Å². The molecular formula is C12H14Cl3NO. The Morgan fingerprint density at radius 3 is 2.47 bits per heavy atom. The highest BCUT2D eigenvalue weighted by Gasteiger charge is 2.26. The van der Waals surface area contributed by atoms with Crippen molar-refractivity contribution in [1.82, 2.24) is 5.32 Å². The number of aliphatic hydroxyl groups excluding tert-OH is 1. The van der Waals surface area contributed by atoms with Crippen LogP contribution >= 0.6 is 34.8 Å². The maximum absolute atomic E-state index is 9.17. The van der Waals surface area contributed by atoms with E-state index >= 15 is 0 Å². The summed E-state index contributed by atoms with van der Waals surface area (Å²) in [7, 11) is 0. The minimum atomic E-state index is -0.111. The van der Waals surface area contributed by atoms with Crippen LogP contribution < -0.4 is 5.32 Å². The summed E-state index contributed by atoms with van der Waals surface area (Å²) in [5, 5.41) is 14.1. The molecule has 1 aromatic rings. The van der Waals surface area contributed by atoms with Crippen LogP contribution in [0.4, 0.5) is 0 Å². The number of hydrogen-bond donors (Lipinski definition) is 2. The van der Waals surface area contributed by atoms with Crippen LogP contribution in [0.2, 0.25) is 15.1 Å². The SMILES string of the molecule is OC1CC(CNCc2c(Cl)ccc(Cl)c2Cl)C1. The molecule has 0 spiro atoms. The van der Waals surface area contributed by atoms with E-state index in [0.717, 1.165) is 24.9 Å². The first-order valence-electron chi connectivity index (χ1n) is 5.59. The molecule has 2 nitrogen and oxygen atoms in total. The highest BCUT2D eigenvalue weighted by Crippen LogP contribution is 2.31. The second kappa shape index (κ2) is 5.77. The molecule has 0 radical (unpaired) electrons. The summed E-state index contributed by atoms with van der Waals surface area (Å²) in [6, 6.07) is 3.44. The molecule has 2 N–H and O–H groups in total. The Bertz CT molecular complexity index is 405. The van der Waals surface area contributed by atoms with Gasteiger partial charge in [-0.25, -0.2) is 0 Å². The molecule has 0 aromatic heterocycles. The van der Waals surface area contributed by atoms with Crippen molar-refractivity contribution < 1.29 is 5.11 Å². The average Bonchev–Trinajstić information content (AvgIpc) is 2.26. The van der Waals surface area contributed by atoms with Crippen LogP contribution in [0, 0.1) is 5.92 Å². The lowest BCUT2D eigenvalue weighted by molar-refractivity contribution is 0.0430. The van der Waals surface area contributed by atoms with E-state index in [-0.39, 0.29) is 6.10 Å². The first-order chi connectivity index (χ1) is 8.08. The molecule has 94 valence electrons. The standard InChI is InChI=1S/C12H14Cl3NO/c13-10-1-2-11(14)12(15)9(10)6-16-5-7-3-8(17)4-7/h1-2,7-8,16-17H,3-6H2. The smallest absolute Gasteiger partial charge is 0.0652 e. The van der Waals surface area contributed by atoms with Crippen molar-refractivity contribution in [3.05, 3.63) is 32.8 Å². The molecule has 1 fully saturated rings. The molecule has 2 rings (SSSR count). The van der Waals surface area contributed by atoms with E-state index < -0.39 is 0 Å². The van der Waals surface area contributed by atoms with Crippen molar-refractivity contribution >= 4 is 34.8 Å². The molecule has 5 heteroatoms. The summed E-state index contributed by atoms with van der Waals surface area (Å²) in [4.78, 5) is 0. The molecule has 0 saturated heterocycles. The summed E-state index contributed by atoms with van der Waals surface area (Å²) in [6.45, 7) is 1.47. The Kier molecular flexibility index (Phi) is 4.56. The quantitative estimate of drug-likeness (QED) is 0.833. The van der Waals surface area contributed by atoms with Gasteiger partial charge in [0.2, 0.25) is 0 Å². The van der Waals surface area contributed by atoms with Crippen LogP contribution in [0.1, 0.15) is 18.4 Å². The Hall–Kier alpha value is 0.01000. The molecule has 1 aliphatic rings. The van der Waals surface area contributed by atoms with Gasteiger partial charge in [-0.2, -0.15) is 0 Å². The fraction of sp³-hybridized carbons (Fsp3) is 0.500. The molecule has 0 aliphatic heterocycles. The average molecular weight is 295 g/mol. The number of aliphatic hydroxyl groups is 1. The summed E-state index contributed by atoms with van der Waals surface area (Å²) in [5.74, 6) is 0.557. The van der Waals surface area contributed by atoms with Gasteiger partial charge in [0.05, 0.1) is 16.1 Å². The van der Waals surface area contributed by atoms with E-state index in [1.54, 1.807) is 12.1 Å². The molecule has 0 amide bonds. The monoisotopic (exact) mass is 293 g/mol. The predicted molar refractivity (Wildman–Crippen MR) is 71.9 cm³/mol. The number of nitrogens with one attached hydrogen (secondary N) is 1. The molecule has 0 atom stereocenters. The van der Waals surface area contributed by atoms with Crippen molar-refractivity contribution in [1.29, 1.82) is 0 Å². The van der Waals surface area contributed by atoms with Crippen LogP contribution in [0.5, 0.6) is 0 Å². The molecular weight excluding hydrogens is 280 g/mol. The van der Waals surface area contributed by atoms with Gasteiger partial charge in [-0.05, 0) is 37.4 Å². The Balaban J connectivity index is 1.88. The van der Waals surface area contributed by atoms with Gasteiger partial charge in [-0.15, -0.1) is 0 Å². The van der Waals surface area contributed by atoms with E-state index in [1.807, 2.05) is 0 Å². The minimum absolute atomic E-state index is 0.111. The van der Waals surface area contributed by atoms with E-state index in [1.165, 1.54) is 0 Å². The first kappa shape index (κ1) is 13.4. The van der Waals surface area contributed by atoms with Crippen LogP contribution in [0.25, 0.3) is 0 Å². The third-order valence-corrected chi connectivity index (χ3v) is 4.28. The van der Waals surface area contributed by atoms with Gasteiger partial charge in [0, 0.05) is 17.1 Å². The first-order valence-corrected chi connectivity index (χ1v) is 6.72. The lowest BCUT2D eigenvalue weighted by Crippen LogP contribution is -2.35. The van der Waals surface area contributed by atoms with Crippen molar-refractivity contribution in [2.75, 3.05) is 6.54 Å². The van der Waals surface area contributed by atoms with Gasteiger partial charge in [0.15, 0.2) is 0 Å². The second-order valence-electron chi connectivity index (χ2n) is 4.44. The number of benzene rings is 1. The van der Waals surface area contributed by atoms with Gasteiger partial charge in [-0.1, -0.05) is 34.8 Å². The zero-order valence-corrected chi connectivity index (χ0v) is 11.5. The van der Waals surface area contributed by atoms with Crippen molar-refractivity contribution in [2.24, 2.45) is 5.92 Å². The molecule has 0 heterocycles. The third-order valence-electron chi connectivity index (χ3n) is 3.08. The van der Waals surface area contributed by atoms with Crippen LogP contribution in [0.15, 0.2) is 12.1 Å². The lowest BCUT2D eigenvalue weighted by atomic mass is 9.82. The maximum atomic E-state index is 9.17. The predicted octanol–water partition coefficient (Wildman–Crippen LogP) is 3.51. The van der Waals surface area contributed by atoms with Gasteiger partial charge in [0.25, 0.3) is 0 Å². The Morgan fingerprint density at radius 1 is 1.18 bits per heavy atom. The molecule has 1 aliphatic carbocycles. The fourth-order valence-corrected chi connectivity index (χ4v) is 2.68. The van der Waals surface area contributed by atoms with E-state index in [0.29, 0.717) is 27.5 Å². The van der Waals surface area contributed by atoms with E-state index in [9.17, 15) is 5.11 Å². The van der Waals surface area contributed by atoms with Crippen molar-refractivity contribution in [3.8, 4) is 0 Å². The highest BCUT2D eigenvalue weighted by molar-refractivity contribution is 6.44. The summed E-state index contributed by atoms with van der Waals surface area (Å²) in [5.41, 5.74) is 0.834. The van der Waals surface area contributed by atoms with Crippen LogP contribution in [0.3, 0.4) is 0 Å². The van der Waals surface area contributed by atoms with Crippen molar-refractivity contribution in [2.45, 2.75) is 25.5 Å². The van der Waals surface area contributed by atoms with E-state index in [4.69, 9.17) is 34.8 Å². The lowest BCUT2D eigenvalue weighted by Gasteiger charge is -2.31. The topological polar surface area (TPSA) is 32.3 Å². The maximum Gasteiger partial charge on any atom is 0.0652 e. The molecule has 1 saturated carbocycles. The Morgan fingerprint density at radius 2 is 1.82 bits per heavy atom. The molecule has 0 unspecified atom stereocenters. The van der Waals surface area contributed by atoms with Gasteiger partial charge < -0.3 is 10.4 Å². The van der Waals surface area contributed by atoms with Gasteiger partial charge in [-0.3, -0.25) is 0 Å². The zero-order chi connectivity index (χ0) is 12.4. The summed E-state index contributed by atoms with van der Waals surface area (Å²) < 4.78 is 0. The van der Waals surface area contributed by atoms with Gasteiger partial charge >= 0.3 is 0 Å². The van der Waals surface area contributed by atoms with Crippen molar-refractivity contribution in [3.63, 3.8) is 0 Å². The molecule has 17 heavy (non-hydrogen) atoms. The van der Waals surface area contributed by atoms with Crippen LogP contribution in [-0.2, 0) is 6.54 Å². The number of hydrogen-bond acceptors (Lipinski definition) is 2. The second-order valence-corrected chi connectivity index (χ2v) is 5.64. The van der Waals surface area contributed by atoms with E-state index in [2.05, 4.69) is 5.32 Å². The molecule has 1 aromatic carbocycles.